The zero-order valence-electron chi connectivity index (χ0n) is 13.6. The first-order chi connectivity index (χ1) is 12.7. The van der Waals surface area contributed by atoms with Crippen LogP contribution >= 0.6 is 11.8 Å². The minimum atomic E-state index is -4.41. The van der Waals surface area contributed by atoms with E-state index >= 15 is 0 Å². The molecule has 0 bridgehead atoms. The number of nitro groups is 1. The number of hydrazone groups is 1. The number of anilines is 2. The van der Waals surface area contributed by atoms with Gasteiger partial charge in [-0.05, 0) is 23.4 Å². The van der Waals surface area contributed by atoms with Crippen molar-refractivity contribution in [3.63, 3.8) is 0 Å². The van der Waals surface area contributed by atoms with Crippen LogP contribution in [0.5, 0.6) is 0 Å². The fourth-order valence-corrected chi connectivity index (χ4v) is 3.75. The number of halogens is 1. The molecule has 14 heteroatoms. The van der Waals surface area contributed by atoms with Gasteiger partial charge in [0.05, 0.1) is 10.6 Å². The molecule has 140 valence electrons. The van der Waals surface area contributed by atoms with E-state index in [2.05, 4.69) is 20.4 Å². The maximum Gasteiger partial charge on any atom is 0.297 e. The number of amidine groups is 1. The van der Waals surface area contributed by atoms with Crippen LogP contribution in [0.15, 0.2) is 57.0 Å². The molecule has 0 amide bonds. The first-order valence-electron chi connectivity index (χ1n) is 7.16. The molecule has 2 N–H and O–H groups in total. The van der Waals surface area contributed by atoms with Crippen molar-refractivity contribution in [1.82, 2.24) is 9.40 Å². The summed E-state index contributed by atoms with van der Waals surface area (Å²) < 4.78 is 27.0. The molecule has 0 unspecified atom stereocenters. The lowest BCUT2D eigenvalue weighted by molar-refractivity contribution is -0.384. The number of hydrogen-bond donors (Lipinski definition) is 1. The number of benzene rings is 1. The number of sulfonamides is 1. The summed E-state index contributed by atoms with van der Waals surface area (Å²) >= 11 is 6.00. The van der Waals surface area contributed by atoms with E-state index in [1.807, 2.05) is 0 Å². The maximum atomic E-state index is 13.0. The average Bonchev–Trinajstić information content (AvgIpc) is 2.67. The third kappa shape index (κ3) is 3.24. The number of nitro benzene ring substituents is 1. The van der Waals surface area contributed by atoms with E-state index in [1.54, 1.807) is 12.1 Å². The molecule has 2 aromatic rings. The number of hydrogen-bond acceptors (Lipinski definition) is 10. The van der Waals surface area contributed by atoms with Crippen molar-refractivity contribution in [2.75, 3.05) is 17.3 Å². The molecule has 0 atom stereocenters. The fourth-order valence-electron chi connectivity index (χ4n) is 2.25. The lowest BCUT2D eigenvalue weighted by Gasteiger charge is -2.18. The topological polar surface area (TPSA) is 160 Å². The van der Waals surface area contributed by atoms with Crippen molar-refractivity contribution in [3.05, 3.63) is 52.3 Å². The van der Waals surface area contributed by atoms with Crippen LogP contribution in [0.1, 0.15) is 5.56 Å². The number of rotatable bonds is 2. The Morgan fingerprint density at radius 2 is 2.04 bits per heavy atom. The van der Waals surface area contributed by atoms with E-state index < -0.39 is 31.2 Å². The molecule has 1 aliphatic rings. The minimum Gasteiger partial charge on any atom is -0.398 e. The summed E-state index contributed by atoms with van der Waals surface area (Å²) in [5.74, 6) is -0.131. The summed E-state index contributed by atoms with van der Waals surface area (Å²) in [7, 11) is -3.28. The van der Waals surface area contributed by atoms with Gasteiger partial charge < -0.3 is 5.73 Å². The van der Waals surface area contributed by atoms with Crippen molar-refractivity contribution in [3.8, 4) is 0 Å². The summed E-state index contributed by atoms with van der Waals surface area (Å²) in [5.41, 5.74) is 4.71. The summed E-state index contributed by atoms with van der Waals surface area (Å²) in [4.78, 5) is 13.8. The van der Waals surface area contributed by atoms with Crippen molar-refractivity contribution < 1.29 is 13.3 Å². The van der Waals surface area contributed by atoms with Gasteiger partial charge in [-0.25, -0.2) is 0 Å². The zero-order valence-corrected chi connectivity index (χ0v) is 15.2. The molecule has 0 radical (unpaired) electrons. The molecule has 0 spiro atoms. The van der Waals surface area contributed by atoms with E-state index in [-0.39, 0.29) is 11.5 Å². The van der Waals surface area contributed by atoms with Crippen LogP contribution in [-0.2, 0) is 10.0 Å². The number of nitrogen functional groups attached to an aromatic ring is 1. The van der Waals surface area contributed by atoms with Crippen molar-refractivity contribution in [2.24, 2.45) is 15.4 Å². The quantitative estimate of drug-likeness (QED) is 0.342. The average molecular weight is 411 g/mol. The first-order valence-corrected chi connectivity index (χ1v) is 8.93. The van der Waals surface area contributed by atoms with Gasteiger partial charge in [-0.3, -0.25) is 15.1 Å². The van der Waals surface area contributed by atoms with Gasteiger partial charge in [0.2, 0.25) is 5.84 Å². The normalized spacial score (nSPS) is 17.9. The molecule has 0 aliphatic carbocycles. The van der Waals surface area contributed by atoms with Gasteiger partial charge >= 0.3 is 0 Å². The Labute approximate surface area is 157 Å². The van der Waals surface area contributed by atoms with Crippen molar-refractivity contribution in [2.45, 2.75) is 4.90 Å². The van der Waals surface area contributed by atoms with Crippen LogP contribution in [-0.4, -0.2) is 35.6 Å². The van der Waals surface area contributed by atoms with E-state index in [0.29, 0.717) is 14.5 Å². The first kappa shape index (κ1) is 18.5. The van der Waals surface area contributed by atoms with E-state index in [4.69, 9.17) is 17.5 Å². The van der Waals surface area contributed by atoms with Crippen LogP contribution in [0.2, 0.25) is 0 Å². The third-order valence-corrected chi connectivity index (χ3v) is 5.46. The number of aromatic nitrogens is 1. The largest absolute Gasteiger partial charge is 0.398 e. The summed E-state index contributed by atoms with van der Waals surface area (Å²) in [6.45, 7) is 0. The van der Waals surface area contributed by atoms with Crippen molar-refractivity contribution in [1.29, 1.82) is 0 Å². The van der Waals surface area contributed by atoms with Crippen LogP contribution in [0, 0.1) is 10.1 Å². The Kier molecular flexibility index (Phi) is 4.63. The maximum absolute atomic E-state index is 13.0. The second-order valence-corrected chi connectivity index (χ2v) is 7.37. The van der Waals surface area contributed by atoms with Gasteiger partial charge in [0.15, 0.2) is 5.69 Å². The van der Waals surface area contributed by atoms with Gasteiger partial charge in [0.25, 0.3) is 15.7 Å². The number of fused-ring (bicyclic) bond motifs is 1. The molecule has 27 heavy (non-hydrogen) atoms. The molecule has 3 rings (SSSR count). The number of pyridine rings is 1. The Morgan fingerprint density at radius 1 is 1.30 bits per heavy atom. The predicted molar refractivity (Wildman–Crippen MR) is 96.4 cm³/mol. The predicted octanol–water partition coefficient (Wildman–Crippen LogP) is 1.90. The molecule has 12 nitrogen and oxygen atoms in total. The Morgan fingerprint density at radius 3 is 2.67 bits per heavy atom. The Hall–Kier alpha value is -3.32. The Balaban J connectivity index is 2.32. The minimum absolute atomic E-state index is 0.131. The lowest BCUT2D eigenvalue weighted by atomic mass is 10.2. The SMILES string of the molecule is CN1/N=C(/c2cccnc2)N=NN(Cl)c2c([N+](=O)[O-])ccc(N)c2S1(=O)=O. The molecular formula is C13H11ClN8O4S. The highest BCUT2D eigenvalue weighted by molar-refractivity contribution is 7.89. The highest BCUT2D eigenvalue weighted by atomic mass is 35.5. The van der Waals surface area contributed by atoms with Gasteiger partial charge in [-0.2, -0.15) is 12.8 Å². The second-order valence-electron chi connectivity index (χ2n) is 5.16. The highest BCUT2D eigenvalue weighted by Crippen LogP contribution is 2.41. The Bertz CT molecular complexity index is 1070. The lowest BCUT2D eigenvalue weighted by Crippen LogP contribution is -2.25. The second kappa shape index (κ2) is 6.77. The van der Waals surface area contributed by atoms with Gasteiger partial charge in [0.1, 0.15) is 4.90 Å². The third-order valence-electron chi connectivity index (χ3n) is 3.50. The molecule has 2 heterocycles. The molecule has 0 fully saturated rings. The number of nitrogens with two attached hydrogens (primary N) is 1. The van der Waals surface area contributed by atoms with Crippen LogP contribution < -0.4 is 10.3 Å². The molecule has 0 saturated heterocycles. The molecular weight excluding hydrogens is 400 g/mol. The molecule has 1 aliphatic heterocycles. The van der Waals surface area contributed by atoms with Gasteiger partial charge in [0, 0.05) is 42.8 Å². The van der Waals surface area contributed by atoms with Crippen LogP contribution in [0.25, 0.3) is 0 Å². The van der Waals surface area contributed by atoms with Gasteiger partial charge in [-0.1, -0.05) is 0 Å². The molecule has 0 saturated carbocycles. The molecule has 1 aromatic heterocycles. The summed E-state index contributed by atoms with van der Waals surface area (Å²) in [5, 5.41) is 22.7. The van der Waals surface area contributed by atoms with Gasteiger partial charge in [-0.15, -0.1) is 14.7 Å². The monoisotopic (exact) mass is 410 g/mol. The fraction of sp³-hybridized carbons (Fsp3) is 0.0769. The smallest absolute Gasteiger partial charge is 0.297 e. The van der Waals surface area contributed by atoms with E-state index in [1.165, 1.54) is 12.4 Å². The summed E-state index contributed by atoms with van der Waals surface area (Å²) in [6.07, 6.45) is 2.89. The zero-order chi connectivity index (χ0) is 19.8. The highest BCUT2D eigenvalue weighted by Gasteiger charge is 2.36. The van der Waals surface area contributed by atoms with E-state index in [0.717, 1.165) is 19.2 Å². The number of nitrogens with zero attached hydrogens (tertiary/aromatic N) is 7. The standard InChI is InChI=1S/C13H11ClN8O4S/c1-20-18-13(8-3-2-6-16-7-8)17-19-21(14)11-10(22(23)24)5-4-9(15)12(11)27(20,25)26/h2-7H,15H2,1H3/b18-13-,19-17?. The van der Waals surface area contributed by atoms with Crippen LogP contribution in [0.4, 0.5) is 17.1 Å². The summed E-state index contributed by atoms with van der Waals surface area (Å²) in [6, 6.07) is 5.28. The van der Waals surface area contributed by atoms with E-state index in [9.17, 15) is 18.5 Å². The van der Waals surface area contributed by atoms with Crippen LogP contribution in [0.3, 0.4) is 0 Å². The van der Waals surface area contributed by atoms with Crippen molar-refractivity contribution >= 4 is 44.7 Å². The molecule has 1 aromatic carbocycles.